The number of aliphatic hydroxyl groups excluding tert-OH is 1. The van der Waals surface area contributed by atoms with Crippen molar-refractivity contribution in [1.82, 2.24) is 4.98 Å². The van der Waals surface area contributed by atoms with Gasteiger partial charge in [0, 0.05) is 42.7 Å². The Morgan fingerprint density at radius 2 is 1.32 bits per heavy atom. The molecule has 47 heavy (non-hydrogen) atoms. The molecule has 0 aliphatic heterocycles. The van der Waals surface area contributed by atoms with E-state index in [0.717, 1.165) is 24.1 Å². The first-order chi connectivity index (χ1) is 21.5. The van der Waals surface area contributed by atoms with E-state index in [1.165, 1.54) is 43.4 Å². The molecular formula is C43H52IrNO2-. The third-order valence-electron chi connectivity index (χ3n) is 8.27. The van der Waals surface area contributed by atoms with Crippen LogP contribution < -0.4 is 0 Å². The van der Waals surface area contributed by atoms with Crippen molar-refractivity contribution in [3.05, 3.63) is 101 Å². The van der Waals surface area contributed by atoms with Crippen molar-refractivity contribution in [3.8, 4) is 11.3 Å². The molecule has 0 amide bonds. The molecule has 0 fully saturated rings. The molecule has 4 aromatic carbocycles. The summed E-state index contributed by atoms with van der Waals surface area (Å²) in [5, 5.41) is 17.5. The van der Waals surface area contributed by atoms with Gasteiger partial charge in [-0.1, -0.05) is 118 Å². The second kappa shape index (κ2) is 15.3. The maximum atomic E-state index is 11.8. The molecule has 1 N–H and O–H groups in total. The second-order valence-electron chi connectivity index (χ2n) is 15.6. The fraction of sp³-hybridized carbons (Fsp3) is 0.395. The van der Waals surface area contributed by atoms with Crippen LogP contribution in [0.2, 0.25) is 0 Å². The minimum Gasteiger partial charge on any atom is -0.511 e. The second-order valence-corrected chi connectivity index (χ2v) is 15.6. The van der Waals surface area contributed by atoms with Gasteiger partial charge in [-0.2, -0.15) is 0 Å². The standard InChI is InChI=1S/C31H30N.C12H22O2.Ir/c1-20(2)15-22-17-23(16-21(3)4)19-25(18-22)31-30-12-11-27-26-8-6-5-7-24(26)9-10-28(27)29(30)13-14-32-31;1-8(9(13)11(2,3)4)10(14)12(5,6)7;/h5-14,17-18,20-21H,15-16H2,1-4H3;13H,1-7H3;/q-1;;/b;9-8-;. The predicted molar refractivity (Wildman–Crippen MR) is 197 cm³/mol. The summed E-state index contributed by atoms with van der Waals surface area (Å²) in [5.74, 6) is 1.42. The van der Waals surface area contributed by atoms with E-state index in [4.69, 9.17) is 4.98 Å². The van der Waals surface area contributed by atoms with E-state index < -0.39 is 5.41 Å². The molecule has 1 aromatic heterocycles. The number of benzene rings is 4. The molecule has 0 atom stereocenters. The molecule has 0 bridgehead atoms. The van der Waals surface area contributed by atoms with Gasteiger partial charge in [0.2, 0.25) is 0 Å². The Labute approximate surface area is 296 Å². The molecule has 0 aliphatic carbocycles. The van der Waals surface area contributed by atoms with Crippen molar-refractivity contribution >= 4 is 38.1 Å². The molecule has 1 heterocycles. The summed E-state index contributed by atoms with van der Waals surface area (Å²) in [7, 11) is 0. The van der Waals surface area contributed by atoms with Gasteiger partial charge in [0.15, 0.2) is 5.78 Å². The van der Waals surface area contributed by atoms with Crippen LogP contribution in [-0.4, -0.2) is 15.9 Å². The van der Waals surface area contributed by atoms with Crippen LogP contribution in [0.15, 0.2) is 84.3 Å². The van der Waals surface area contributed by atoms with Crippen LogP contribution in [0.4, 0.5) is 0 Å². The van der Waals surface area contributed by atoms with Gasteiger partial charge in [-0.3, -0.25) is 4.79 Å². The summed E-state index contributed by atoms with van der Waals surface area (Å²) in [6.45, 7) is 22.0. The molecule has 0 saturated carbocycles. The van der Waals surface area contributed by atoms with Crippen molar-refractivity contribution in [1.29, 1.82) is 0 Å². The first-order valence-corrected chi connectivity index (χ1v) is 16.7. The molecule has 0 spiro atoms. The van der Waals surface area contributed by atoms with Crippen molar-refractivity contribution in [2.24, 2.45) is 22.7 Å². The van der Waals surface area contributed by atoms with Crippen molar-refractivity contribution in [3.63, 3.8) is 0 Å². The molecule has 4 heteroatoms. The number of hydrogen-bond donors (Lipinski definition) is 1. The fourth-order valence-electron chi connectivity index (χ4n) is 6.16. The quantitative estimate of drug-likeness (QED) is 0.0805. The van der Waals surface area contributed by atoms with Crippen LogP contribution in [-0.2, 0) is 37.7 Å². The summed E-state index contributed by atoms with van der Waals surface area (Å²) in [6, 6.07) is 28.1. The van der Waals surface area contributed by atoms with Crippen molar-refractivity contribution in [2.75, 3.05) is 0 Å². The molecule has 0 aliphatic rings. The van der Waals surface area contributed by atoms with Gasteiger partial charge >= 0.3 is 0 Å². The summed E-state index contributed by atoms with van der Waals surface area (Å²) in [5.41, 5.74) is 4.52. The zero-order chi connectivity index (χ0) is 34.0. The number of hydrogen-bond acceptors (Lipinski definition) is 3. The van der Waals surface area contributed by atoms with Gasteiger partial charge in [-0.15, -0.1) is 34.9 Å². The van der Waals surface area contributed by atoms with Gasteiger partial charge in [0.1, 0.15) is 5.76 Å². The Balaban J connectivity index is 0.000000342. The zero-order valence-corrected chi connectivity index (χ0v) is 32.5. The number of fused-ring (bicyclic) bond motifs is 5. The largest absolute Gasteiger partial charge is 0.511 e. The van der Waals surface area contributed by atoms with Crippen LogP contribution in [0.1, 0.15) is 87.3 Å². The van der Waals surface area contributed by atoms with Crippen molar-refractivity contribution in [2.45, 2.75) is 89.0 Å². The smallest absolute Gasteiger partial charge is 0.167 e. The fourth-order valence-corrected chi connectivity index (χ4v) is 6.16. The van der Waals surface area contributed by atoms with E-state index in [0.29, 0.717) is 17.4 Å². The summed E-state index contributed by atoms with van der Waals surface area (Å²) in [6.07, 6.45) is 4.07. The van der Waals surface area contributed by atoms with Gasteiger partial charge in [0.25, 0.3) is 0 Å². The predicted octanol–water partition coefficient (Wildman–Crippen LogP) is 11.9. The number of carbonyl (C=O) groups is 1. The third-order valence-corrected chi connectivity index (χ3v) is 8.27. The molecule has 3 nitrogen and oxygen atoms in total. The number of Topliss-reactive ketones (excluding diaryl/α,β-unsaturated/α-hetero) is 1. The van der Waals surface area contributed by atoms with E-state index in [-0.39, 0.29) is 37.1 Å². The van der Waals surface area contributed by atoms with E-state index in [1.54, 1.807) is 6.92 Å². The van der Waals surface area contributed by atoms with E-state index in [9.17, 15) is 9.90 Å². The first-order valence-electron chi connectivity index (χ1n) is 16.7. The minimum absolute atomic E-state index is 0. The zero-order valence-electron chi connectivity index (χ0n) is 30.1. The average Bonchev–Trinajstić information content (AvgIpc) is 2.97. The molecular weight excluding hydrogens is 755 g/mol. The average molecular weight is 807 g/mol. The number of aromatic nitrogens is 1. The van der Waals surface area contributed by atoms with E-state index >= 15 is 0 Å². The van der Waals surface area contributed by atoms with Crippen LogP contribution in [0, 0.1) is 28.7 Å². The monoisotopic (exact) mass is 807 g/mol. The number of ketones is 1. The van der Waals surface area contributed by atoms with Crippen molar-refractivity contribution < 1.29 is 30.0 Å². The number of nitrogens with zero attached hydrogens (tertiary/aromatic N) is 1. The summed E-state index contributed by atoms with van der Waals surface area (Å²) >= 11 is 0. The number of allylic oxidation sites excluding steroid dienone is 2. The van der Waals surface area contributed by atoms with Crippen LogP contribution in [0.5, 0.6) is 0 Å². The third kappa shape index (κ3) is 9.18. The minimum atomic E-state index is -0.427. The van der Waals surface area contributed by atoms with Gasteiger partial charge in [-0.25, -0.2) is 0 Å². The Hall–Kier alpha value is -3.33. The maximum Gasteiger partial charge on any atom is 0.167 e. The Kier molecular flexibility index (Phi) is 12.4. The van der Waals surface area contributed by atoms with Crippen LogP contribution in [0.3, 0.4) is 0 Å². The Bertz CT molecular complexity index is 1870. The van der Waals surface area contributed by atoms with Crippen LogP contribution >= 0.6 is 0 Å². The Morgan fingerprint density at radius 1 is 0.745 bits per heavy atom. The molecule has 5 rings (SSSR count). The number of aliphatic hydroxyl groups is 1. The first kappa shape index (κ1) is 38.1. The normalized spacial score (nSPS) is 12.6. The SMILES string of the molecule is C/C(C(=O)C(C)(C)C)=C(/O)C(C)(C)C.CC(C)Cc1[c-]c(-c2nccc3c2ccc2c4ccccc4ccc32)cc(CC(C)C)c1.[Ir]. The maximum absolute atomic E-state index is 11.8. The summed E-state index contributed by atoms with van der Waals surface area (Å²) < 4.78 is 0. The van der Waals surface area contributed by atoms with Gasteiger partial charge < -0.3 is 10.1 Å². The van der Waals surface area contributed by atoms with Gasteiger partial charge in [-0.05, 0) is 75.7 Å². The molecule has 0 unspecified atom stereocenters. The Morgan fingerprint density at radius 3 is 1.94 bits per heavy atom. The van der Waals surface area contributed by atoms with E-state index in [1.807, 2.05) is 47.7 Å². The van der Waals surface area contributed by atoms with Crippen LogP contribution in [0.25, 0.3) is 43.6 Å². The molecule has 0 saturated heterocycles. The van der Waals surface area contributed by atoms with Gasteiger partial charge in [0.05, 0.1) is 0 Å². The number of rotatable bonds is 6. The van der Waals surface area contributed by atoms with E-state index in [2.05, 4.69) is 100 Å². The molecule has 1 radical (unpaired) electrons. The number of carbonyl (C=O) groups excluding carboxylic acids is 1. The summed E-state index contributed by atoms with van der Waals surface area (Å²) in [4.78, 5) is 16.7. The topological polar surface area (TPSA) is 50.2 Å². The molecule has 5 aromatic rings. The molecule has 251 valence electrons. The number of pyridine rings is 1.